The Morgan fingerprint density at radius 3 is 2.58 bits per heavy atom. The van der Waals surface area contributed by atoms with Crippen LogP contribution < -0.4 is 0 Å². The average Bonchev–Trinajstić information content (AvgIpc) is 2.88. The van der Waals surface area contributed by atoms with Gasteiger partial charge in [-0.1, -0.05) is 24.3 Å². The molecule has 0 aromatic heterocycles. The largest absolute Gasteiger partial charge is 0.453 e. The van der Waals surface area contributed by atoms with Crippen LogP contribution >= 0.6 is 0 Å². The van der Waals surface area contributed by atoms with E-state index in [2.05, 4.69) is 0 Å². The zero-order valence-electron chi connectivity index (χ0n) is 10.7. The molecule has 3 rings (SSSR count). The number of ether oxygens (including phenoxy) is 1. The Labute approximate surface area is 111 Å². The average molecular weight is 263 g/mol. The molecule has 2 N–H and O–H groups in total. The quantitative estimate of drug-likeness (QED) is 0.732. The number of hydrogen-bond donors (Lipinski definition) is 2. The highest BCUT2D eigenvalue weighted by Crippen LogP contribution is 2.50. The van der Waals surface area contributed by atoms with Crippen molar-refractivity contribution in [1.29, 1.82) is 0 Å². The molecular weight excluding hydrogens is 246 g/mol. The van der Waals surface area contributed by atoms with Crippen LogP contribution in [0.1, 0.15) is 24.0 Å². The van der Waals surface area contributed by atoms with Gasteiger partial charge >= 0.3 is 6.09 Å². The summed E-state index contributed by atoms with van der Waals surface area (Å²) in [5, 5.41) is 19.8. The second-order valence-corrected chi connectivity index (χ2v) is 5.29. The van der Waals surface area contributed by atoms with Gasteiger partial charge in [0.05, 0.1) is 31.4 Å². The normalized spacial score (nSPS) is 32.7. The highest BCUT2D eigenvalue weighted by atomic mass is 16.5. The molecule has 1 amide bonds. The first kappa shape index (κ1) is 12.4. The molecule has 1 fully saturated rings. The SMILES string of the molecule is COC(=O)N1Cc2ccccc2C12C[C@@H](O)[C@@H](O)C2. The van der Waals surface area contributed by atoms with Gasteiger partial charge in [0, 0.05) is 12.8 Å². The Kier molecular flexibility index (Phi) is 2.76. The number of aliphatic hydroxyl groups is 2. The Morgan fingerprint density at radius 1 is 1.32 bits per heavy atom. The standard InChI is InChI=1S/C14H17NO4/c1-19-13(18)15-8-9-4-2-3-5-10(9)14(15)6-11(16)12(17)7-14/h2-5,11-12,16-17H,6-8H2,1H3/t11-,12+,14?. The third kappa shape index (κ3) is 1.65. The van der Waals surface area contributed by atoms with Gasteiger partial charge in [0.2, 0.25) is 0 Å². The molecule has 0 bridgehead atoms. The minimum absolute atomic E-state index is 0.347. The summed E-state index contributed by atoms with van der Waals surface area (Å²) in [6, 6.07) is 7.77. The fraction of sp³-hybridized carbons (Fsp3) is 0.500. The third-order valence-corrected chi connectivity index (χ3v) is 4.30. The van der Waals surface area contributed by atoms with E-state index in [0.717, 1.165) is 11.1 Å². The van der Waals surface area contributed by atoms with Gasteiger partial charge in [-0.2, -0.15) is 0 Å². The molecular formula is C14H17NO4. The fourth-order valence-corrected chi connectivity index (χ4v) is 3.42. The number of nitrogens with zero attached hydrogens (tertiary/aromatic N) is 1. The van der Waals surface area contributed by atoms with Crippen molar-refractivity contribution in [3.63, 3.8) is 0 Å². The molecule has 5 nitrogen and oxygen atoms in total. The lowest BCUT2D eigenvalue weighted by Crippen LogP contribution is -2.43. The smallest absolute Gasteiger partial charge is 0.410 e. The third-order valence-electron chi connectivity index (χ3n) is 4.30. The fourth-order valence-electron chi connectivity index (χ4n) is 3.42. The van der Waals surface area contributed by atoms with Crippen molar-refractivity contribution in [1.82, 2.24) is 4.90 Å². The number of carbonyl (C=O) groups is 1. The van der Waals surface area contributed by atoms with Crippen molar-refractivity contribution in [3.05, 3.63) is 35.4 Å². The number of amides is 1. The molecule has 0 radical (unpaired) electrons. The van der Waals surface area contributed by atoms with Gasteiger partial charge in [-0.05, 0) is 11.1 Å². The number of rotatable bonds is 0. The summed E-state index contributed by atoms with van der Waals surface area (Å²) >= 11 is 0. The summed E-state index contributed by atoms with van der Waals surface area (Å²) in [4.78, 5) is 13.6. The molecule has 1 aliphatic heterocycles. The molecule has 1 saturated carbocycles. The number of methoxy groups -OCH3 is 1. The Balaban J connectivity index is 2.09. The first-order valence-corrected chi connectivity index (χ1v) is 6.38. The zero-order chi connectivity index (χ0) is 13.6. The number of fused-ring (bicyclic) bond motifs is 2. The minimum atomic E-state index is -0.807. The summed E-state index contributed by atoms with van der Waals surface area (Å²) in [6.07, 6.45) is -1.34. The molecule has 1 aromatic rings. The zero-order valence-corrected chi connectivity index (χ0v) is 10.7. The van der Waals surface area contributed by atoms with Crippen LogP contribution in [0.4, 0.5) is 4.79 Å². The maximum absolute atomic E-state index is 12.0. The van der Waals surface area contributed by atoms with E-state index in [1.54, 1.807) is 4.90 Å². The number of aliphatic hydroxyl groups excluding tert-OH is 2. The second kappa shape index (κ2) is 4.21. The molecule has 1 unspecified atom stereocenters. The van der Waals surface area contributed by atoms with E-state index in [-0.39, 0.29) is 0 Å². The molecule has 0 saturated heterocycles. The van der Waals surface area contributed by atoms with Gasteiger partial charge in [0.1, 0.15) is 0 Å². The predicted octanol–water partition coefficient (Wildman–Crippen LogP) is 0.979. The number of carbonyl (C=O) groups excluding carboxylic acids is 1. The lowest BCUT2D eigenvalue weighted by Gasteiger charge is -2.34. The number of benzene rings is 1. The molecule has 3 atom stereocenters. The molecule has 1 aliphatic carbocycles. The van der Waals surface area contributed by atoms with Crippen molar-refractivity contribution in [2.24, 2.45) is 0 Å². The van der Waals surface area contributed by atoms with E-state index >= 15 is 0 Å². The van der Waals surface area contributed by atoms with Crippen molar-refractivity contribution < 1.29 is 19.7 Å². The maximum Gasteiger partial charge on any atom is 0.410 e. The molecule has 19 heavy (non-hydrogen) atoms. The van der Waals surface area contributed by atoms with E-state index in [1.165, 1.54) is 7.11 Å². The molecule has 1 heterocycles. The summed E-state index contributed by atoms with van der Waals surface area (Å²) in [6.45, 7) is 0.461. The highest BCUT2D eigenvalue weighted by Gasteiger charge is 2.55. The van der Waals surface area contributed by atoms with Crippen LogP contribution in [0.3, 0.4) is 0 Å². The lowest BCUT2D eigenvalue weighted by atomic mass is 9.88. The topological polar surface area (TPSA) is 70.0 Å². The summed E-state index contributed by atoms with van der Waals surface area (Å²) in [5.41, 5.74) is 1.42. The van der Waals surface area contributed by atoms with Crippen molar-refractivity contribution in [2.75, 3.05) is 7.11 Å². The van der Waals surface area contributed by atoms with E-state index < -0.39 is 23.8 Å². The molecule has 1 spiro atoms. The van der Waals surface area contributed by atoms with Crippen LogP contribution in [-0.2, 0) is 16.8 Å². The summed E-state index contributed by atoms with van der Waals surface area (Å²) < 4.78 is 4.85. The van der Waals surface area contributed by atoms with Crippen LogP contribution in [0, 0.1) is 0 Å². The monoisotopic (exact) mass is 263 g/mol. The Morgan fingerprint density at radius 2 is 1.95 bits per heavy atom. The van der Waals surface area contributed by atoms with Crippen LogP contribution in [0.25, 0.3) is 0 Å². The highest BCUT2D eigenvalue weighted by molar-refractivity contribution is 5.71. The van der Waals surface area contributed by atoms with E-state index in [9.17, 15) is 15.0 Å². The van der Waals surface area contributed by atoms with Gasteiger partial charge in [-0.15, -0.1) is 0 Å². The Bertz CT molecular complexity index is 506. The maximum atomic E-state index is 12.0. The number of hydrogen-bond acceptors (Lipinski definition) is 4. The van der Waals surface area contributed by atoms with E-state index in [1.807, 2.05) is 24.3 Å². The van der Waals surface area contributed by atoms with Crippen LogP contribution in [0.15, 0.2) is 24.3 Å². The van der Waals surface area contributed by atoms with Crippen LogP contribution in [-0.4, -0.2) is 40.5 Å². The first-order chi connectivity index (χ1) is 9.08. The summed E-state index contributed by atoms with van der Waals surface area (Å²) in [7, 11) is 1.35. The van der Waals surface area contributed by atoms with E-state index in [0.29, 0.717) is 19.4 Å². The van der Waals surface area contributed by atoms with Crippen LogP contribution in [0.5, 0.6) is 0 Å². The molecule has 102 valence electrons. The van der Waals surface area contributed by atoms with Gasteiger partial charge < -0.3 is 14.9 Å². The molecule has 1 aromatic carbocycles. The van der Waals surface area contributed by atoms with Gasteiger partial charge in [-0.3, -0.25) is 4.90 Å². The van der Waals surface area contributed by atoms with Gasteiger partial charge in [0.25, 0.3) is 0 Å². The van der Waals surface area contributed by atoms with Crippen molar-refractivity contribution in [2.45, 2.75) is 37.1 Å². The predicted molar refractivity (Wildman–Crippen MR) is 67.3 cm³/mol. The van der Waals surface area contributed by atoms with Gasteiger partial charge in [0.15, 0.2) is 0 Å². The second-order valence-electron chi connectivity index (χ2n) is 5.29. The van der Waals surface area contributed by atoms with Crippen LogP contribution in [0.2, 0.25) is 0 Å². The Hall–Kier alpha value is -1.59. The van der Waals surface area contributed by atoms with E-state index in [4.69, 9.17) is 4.74 Å². The molecule has 5 heteroatoms. The van der Waals surface area contributed by atoms with Crippen molar-refractivity contribution in [3.8, 4) is 0 Å². The summed E-state index contributed by atoms with van der Waals surface area (Å²) in [5.74, 6) is 0. The minimum Gasteiger partial charge on any atom is -0.453 e. The first-order valence-electron chi connectivity index (χ1n) is 6.38. The molecule has 2 aliphatic rings. The van der Waals surface area contributed by atoms with Crippen molar-refractivity contribution >= 4 is 6.09 Å². The lowest BCUT2D eigenvalue weighted by molar-refractivity contribution is 0.0438. The van der Waals surface area contributed by atoms with Gasteiger partial charge in [-0.25, -0.2) is 4.79 Å².